The number of anilines is 1. The Hall–Kier alpha value is -2.70. The van der Waals surface area contributed by atoms with Crippen molar-refractivity contribution in [1.82, 2.24) is 9.80 Å². The first kappa shape index (κ1) is 21.0. The summed E-state index contributed by atoms with van der Waals surface area (Å²) in [6.07, 6.45) is 1.30. The molecule has 0 spiro atoms. The van der Waals surface area contributed by atoms with E-state index >= 15 is 0 Å². The van der Waals surface area contributed by atoms with Crippen molar-refractivity contribution < 1.29 is 14.3 Å². The van der Waals surface area contributed by atoms with Gasteiger partial charge in [0.15, 0.2) is 5.78 Å². The molecule has 154 valence electrons. The van der Waals surface area contributed by atoms with Gasteiger partial charge >= 0.3 is 0 Å². The number of nitrogens with one attached hydrogen (secondary N) is 1. The number of rotatable bonds is 8. The van der Waals surface area contributed by atoms with Gasteiger partial charge in [0.25, 0.3) is 5.91 Å². The van der Waals surface area contributed by atoms with Crippen LogP contribution in [0.3, 0.4) is 0 Å². The number of carbonyl (C=O) groups excluding carboxylic acids is 2. The molecule has 29 heavy (non-hydrogen) atoms. The van der Waals surface area contributed by atoms with Crippen molar-refractivity contribution >= 4 is 17.4 Å². The summed E-state index contributed by atoms with van der Waals surface area (Å²) in [5, 5.41) is 2.87. The molecule has 1 aliphatic heterocycles. The second-order valence-electron chi connectivity index (χ2n) is 7.40. The molecule has 0 unspecified atom stereocenters. The quantitative estimate of drug-likeness (QED) is 0.696. The van der Waals surface area contributed by atoms with Gasteiger partial charge in [-0.05, 0) is 56.4 Å². The van der Waals surface area contributed by atoms with E-state index in [4.69, 9.17) is 4.74 Å². The van der Waals surface area contributed by atoms with E-state index in [1.165, 1.54) is 0 Å². The van der Waals surface area contributed by atoms with Crippen LogP contribution in [-0.4, -0.2) is 68.4 Å². The lowest BCUT2D eigenvalue weighted by molar-refractivity contribution is 0.0968. The molecule has 1 amide bonds. The lowest BCUT2D eigenvalue weighted by atomic mass is 10.0. The Morgan fingerprint density at radius 1 is 1.00 bits per heavy atom. The molecule has 2 aromatic rings. The normalized spacial score (nSPS) is 15.1. The fraction of sp³-hybridized carbons (Fsp3) is 0.391. The van der Waals surface area contributed by atoms with E-state index in [-0.39, 0.29) is 11.7 Å². The molecule has 0 atom stereocenters. The summed E-state index contributed by atoms with van der Waals surface area (Å²) in [5.41, 5.74) is 1.63. The maximum Gasteiger partial charge on any atom is 0.255 e. The zero-order valence-corrected chi connectivity index (χ0v) is 17.2. The predicted octanol–water partition coefficient (Wildman–Crippen LogP) is 3.16. The molecule has 0 saturated carbocycles. The van der Waals surface area contributed by atoms with Crippen molar-refractivity contribution in [2.45, 2.75) is 12.8 Å². The van der Waals surface area contributed by atoms with E-state index in [0.717, 1.165) is 39.1 Å². The predicted molar refractivity (Wildman–Crippen MR) is 115 cm³/mol. The van der Waals surface area contributed by atoms with Gasteiger partial charge in [-0.25, -0.2) is 0 Å². The Morgan fingerprint density at radius 3 is 2.38 bits per heavy atom. The molecule has 0 aromatic heterocycles. The second-order valence-corrected chi connectivity index (χ2v) is 7.40. The summed E-state index contributed by atoms with van der Waals surface area (Å²) in [7, 11) is 3.72. The average molecular weight is 396 g/mol. The number of methoxy groups -OCH3 is 1. The second kappa shape index (κ2) is 10.2. The SMILES string of the molecule is COc1ccc(C(=O)Nc2ccccc2C(=O)CCCN2CCN(C)CC2)cc1. The molecule has 1 fully saturated rings. The summed E-state index contributed by atoms with van der Waals surface area (Å²) in [4.78, 5) is 30.1. The van der Waals surface area contributed by atoms with Crippen LogP contribution in [0, 0.1) is 0 Å². The minimum atomic E-state index is -0.245. The molecule has 1 saturated heterocycles. The largest absolute Gasteiger partial charge is 0.497 e. The minimum Gasteiger partial charge on any atom is -0.497 e. The van der Waals surface area contributed by atoms with E-state index < -0.39 is 0 Å². The molecule has 2 aromatic carbocycles. The molecule has 3 rings (SSSR count). The van der Waals surface area contributed by atoms with E-state index in [1.54, 1.807) is 43.5 Å². The Balaban J connectivity index is 1.57. The smallest absolute Gasteiger partial charge is 0.255 e. The topological polar surface area (TPSA) is 61.9 Å². The summed E-state index contributed by atoms with van der Waals surface area (Å²) in [6, 6.07) is 14.1. The standard InChI is InChI=1S/C23H29N3O3/c1-25-14-16-26(17-15-25)13-5-8-22(27)20-6-3-4-7-21(20)24-23(28)18-9-11-19(29-2)12-10-18/h3-4,6-7,9-12H,5,8,13-17H2,1-2H3,(H,24,28). The van der Waals surface area contributed by atoms with Gasteiger partial charge in [-0.2, -0.15) is 0 Å². The van der Waals surface area contributed by atoms with Gasteiger partial charge < -0.3 is 19.9 Å². The third kappa shape index (κ3) is 5.89. The highest BCUT2D eigenvalue weighted by molar-refractivity contribution is 6.09. The van der Waals surface area contributed by atoms with Crippen molar-refractivity contribution in [3.8, 4) is 5.75 Å². The van der Waals surface area contributed by atoms with Crippen molar-refractivity contribution in [3.05, 3.63) is 59.7 Å². The van der Waals surface area contributed by atoms with Gasteiger partial charge in [0.2, 0.25) is 0 Å². The Labute approximate surface area is 172 Å². The Morgan fingerprint density at radius 2 is 1.69 bits per heavy atom. The van der Waals surface area contributed by atoms with Crippen LogP contribution in [0.1, 0.15) is 33.6 Å². The highest BCUT2D eigenvalue weighted by Crippen LogP contribution is 2.20. The summed E-state index contributed by atoms with van der Waals surface area (Å²) < 4.78 is 5.12. The number of Topliss-reactive ketones (excluding diaryl/α,β-unsaturated/α-hetero) is 1. The molecule has 1 heterocycles. The van der Waals surface area contributed by atoms with Crippen LogP contribution in [0.15, 0.2) is 48.5 Å². The van der Waals surface area contributed by atoms with Crippen molar-refractivity contribution in [2.24, 2.45) is 0 Å². The molecular weight excluding hydrogens is 366 g/mol. The first-order valence-electron chi connectivity index (χ1n) is 10.1. The zero-order valence-electron chi connectivity index (χ0n) is 17.2. The Kier molecular flexibility index (Phi) is 7.38. The third-order valence-corrected chi connectivity index (χ3v) is 5.30. The van der Waals surface area contributed by atoms with Crippen molar-refractivity contribution in [3.63, 3.8) is 0 Å². The van der Waals surface area contributed by atoms with Crippen molar-refractivity contribution in [2.75, 3.05) is 52.2 Å². The van der Waals surface area contributed by atoms with Crippen LogP contribution >= 0.6 is 0 Å². The summed E-state index contributed by atoms with van der Waals surface area (Å²) >= 11 is 0. The van der Waals surface area contributed by atoms with Crippen LogP contribution < -0.4 is 10.1 Å². The lowest BCUT2D eigenvalue weighted by Crippen LogP contribution is -2.44. The fourth-order valence-electron chi connectivity index (χ4n) is 3.44. The van der Waals surface area contributed by atoms with E-state index in [1.807, 2.05) is 12.1 Å². The zero-order chi connectivity index (χ0) is 20.6. The average Bonchev–Trinajstić information content (AvgIpc) is 2.75. The first-order valence-corrected chi connectivity index (χ1v) is 10.1. The number of piperazine rings is 1. The maximum atomic E-state index is 12.8. The molecule has 1 aliphatic rings. The van der Waals surface area contributed by atoms with E-state index in [0.29, 0.717) is 29.0 Å². The van der Waals surface area contributed by atoms with Gasteiger partial charge in [-0.15, -0.1) is 0 Å². The highest BCUT2D eigenvalue weighted by Gasteiger charge is 2.16. The van der Waals surface area contributed by atoms with E-state index in [9.17, 15) is 9.59 Å². The van der Waals surface area contributed by atoms with Gasteiger partial charge in [0, 0.05) is 43.7 Å². The third-order valence-electron chi connectivity index (χ3n) is 5.30. The molecular formula is C23H29N3O3. The number of nitrogens with zero attached hydrogens (tertiary/aromatic N) is 2. The number of para-hydroxylation sites is 1. The number of amides is 1. The number of carbonyl (C=O) groups is 2. The fourth-order valence-corrected chi connectivity index (χ4v) is 3.44. The summed E-state index contributed by atoms with van der Waals surface area (Å²) in [5.74, 6) is 0.507. The van der Waals surface area contributed by atoms with E-state index in [2.05, 4.69) is 22.2 Å². The molecule has 0 radical (unpaired) electrons. The Bertz CT molecular complexity index is 828. The van der Waals surface area contributed by atoms with Crippen LogP contribution in [-0.2, 0) is 0 Å². The monoisotopic (exact) mass is 395 g/mol. The van der Waals surface area contributed by atoms with Gasteiger partial charge in [0.1, 0.15) is 5.75 Å². The van der Waals surface area contributed by atoms with Gasteiger partial charge in [0.05, 0.1) is 12.8 Å². The van der Waals surface area contributed by atoms with Gasteiger partial charge in [-0.3, -0.25) is 9.59 Å². The lowest BCUT2D eigenvalue weighted by Gasteiger charge is -2.32. The number of hydrogen-bond acceptors (Lipinski definition) is 5. The number of benzene rings is 2. The van der Waals surface area contributed by atoms with Gasteiger partial charge in [-0.1, -0.05) is 12.1 Å². The van der Waals surface area contributed by atoms with Crippen LogP contribution in [0.5, 0.6) is 5.75 Å². The number of ether oxygens (including phenoxy) is 1. The van der Waals surface area contributed by atoms with Crippen LogP contribution in [0.25, 0.3) is 0 Å². The maximum absolute atomic E-state index is 12.8. The minimum absolute atomic E-state index is 0.0600. The summed E-state index contributed by atoms with van der Waals surface area (Å²) in [6.45, 7) is 5.20. The van der Waals surface area contributed by atoms with Crippen LogP contribution in [0.2, 0.25) is 0 Å². The molecule has 1 N–H and O–H groups in total. The highest BCUT2D eigenvalue weighted by atomic mass is 16.5. The number of hydrogen-bond donors (Lipinski definition) is 1. The molecule has 0 bridgehead atoms. The number of ketones is 1. The first-order chi connectivity index (χ1) is 14.1. The van der Waals surface area contributed by atoms with Crippen LogP contribution in [0.4, 0.5) is 5.69 Å². The number of likely N-dealkylation sites (N-methyl/N-ethyl adjacent to an activating group) is 1. The van der Waals surface area contributed by atoms with Crippen molar-refractivity contribution in [1.29, 1.82) is 0 Å². The molecule has 6 nitrogen and oxygen atoms in total. The molecule has 6 heteroatoms. The molecule has 0 aliphatic carbocycles.